The molecule has 5 heterocycles. The van der Waals surface area contributed by atoms with Gasteiger partial charge in [0.25, 0.3) is 0 Å². The summed E-state index contributed by atoms with van der Waals surface area (Å²) in [5, 5.41) is 9.39. The third-order valence-corrected chi connectivity index (χ3v) is 20.2. The van der Waals surface area contributed by atoms with Gasteiger partial charge in [0, 0.05) is 71.3 Å². The van der Waals surface area contributed by atoms with Crippen LogP contribution in [0.25, 0.3) is 189 Å². The van der Waals surface area contributed by atoms with Crippen LogP contribution >= 0.6 is 0 Å². The SMILES string of the molecule is c1ccc(-c2cc(-c3ccccc3)cc(-c3cccc(-c4nc(-c5cccc(-n6c7ccccc7c7ccc(-c8ccc9c(c8)c8ccccc8n9-c8ccccc8)cc76)c5)nc(-n5c6ccccc6c6ccc(-c7ccc8c(c7)c7ccccc7n8-c7ccccc7)cc65)n4)c3)c2)cc1. The van der Waals surface area contributed by atoms with Gasteiger partial charge in [0.15, 0.2) is 11.6 Å². The maximum atomic E-state index is 5.65. The lowest BCUT2D eigenvalue weighted by Gasteiger charge is -2.14. The lowest BCUT2D eigenvalue weighted by atomic mass is 9.93. The normalized spacial score (nSPS) is 11.8. The summed E-state index contributed by atoms with van der Waals surface area (Å²) in [6, 6.07) is 129. The van der Waals surface area contributed by atoms with Crippen molar-refractivity contribution in [3.63, 3.8) is 0 Å². The molecule has 0 aliphatic heterocycles. The maximum Gasteiger partial charge on any atom is 0.238 e. The molecule has 0 saturated carbocycles. The minimum absolute atomic E-state index is 0.517. The fourth-order valence-electron chi connectivity index (χ4n) is 15.5. The summed E-state index contributed by atoms with van der Waals surface area (Å²) in [5.41, 5.74) is 25.1. The van der Waals surface area contributed by atoms with E-state index in [1.807, 2.05) is 0 Å². The Labute approximate surface area is 576 Å². The summed E-state index contributed by atoms with van der Waals surface area (Å²) in [6.07, 6.45) is 0. The van der Waals surface area contributed by atoms with Crippen LogP contribution < -0.4 is 0 Å². The van der Waals surface area contributed by atoms with E-state index in [0.717, 1.165) is 122 Å². The zero-order valence-electron chi connectivity index (χ0n) is 54.2. The second kappa shape index (κ2) is 23.1. The Balaban J connectivity index is 0.768. The van der Waals surface area contributed by atoms with Crippen LogP contribution in [0.2, 0.25) is 0 Å². The third kappa shape index (κ3) is 9.39. The summed E-state index contributed by atoms with van der Waals surface area (Å²) >= 11 is 0. The highest BCUT2D eigenvalue weighted by Gasteiger charge is 2.23. The first-order chi connectivity index (χ1) is 49.6. The number of para-hydroxylation sites is 6. The Morgan fingerprint density at radius 2 is 0.450 bits per heavy atom. The van der Waals surface area contributed by atoms with Gasteiger partial charge in [-0.3, -0.25) is 4.57 Å². The summed E-state index contributed by atoms with van der Waals surface area (Å²) in [5.74, 6) is 1.63. The fraction of sp³-hybridized carbons (Fsp3) is 0. The monoisotopic (exact) mass is 1270 g/mol. The molecule has 0 aliphatic carbocycles. The topological polar surface area (TPSA) is 58.4 Å². The molecule has 0 spiro atoms. The summed E-state index contributed by atoms with van der Waals surface area (Å²) in [7, 11) is 0. The Kier molecular flexibility index (Phi) is 13.1. The number of aromatic nitrogens is 7. The quantitative estimate of drug-likeness (QED) is 0.130. The van der Waals surface area contributed by atoms with E-state index in [1.54, 1.807) is 0 Å². The number of hydrogen-bond donors (Lipinski definition) is 0. The van der Waals surface area contributed by atoms with E-state index < -0.39 is 0 Å². The van der Waals surface area contributed by atoms with Crippen molar-refractivity contribution in [2.75, 3.05) is 0 Å². The number of hydrogen-bond acceptors (Lipinski definition) is 3. The zero-order valence-corrected chi connectivity index (χ0v) is 54.2. The molecule has 0 fully saturated rings. The van der Waals surface area contributed by atoms with E-state index >= 15 is 0 Å². The van der Waals surface area contributed by atoms with Crippen molar-refractivity contribution in [3.05, 3.63) is 358 Å². The zero-order chi connectivity index (χ0) is 65.8. The molecule has 0 N–H and O–H groups in total. The van der Waals surface area contributed by atoms with Crippen LogP contribution in [-0.4, -0.2) is 33.2 Å². The van der Waals surface area contributed by atoms with Crippen molar-refractivity contribution in [2.45, 2.75) is 0 Å². The Morgan fingerprint density at radius 1 is 0.150 bits per heavy atom. The van der Waals surface area contributed by atoms with Crippen molar-refractivity contribution >= 4 is 87.2 Å². The highest BCUT2D eigenvalue weighted by molar-refractivity contribution is 6.15. The van der Waals surface area contributed by atoms with Gasteiger partial charge in [-0.25, -0.2) is 4.98 Å². The van der Waals surface area contributed by atoms with E-state index in [0.29, 0.717) is 17.6 Å². The number of benzene rings is 15. The predicted octanol–water partition coefficient (Wildman–Crippen LogP) is 23.9. The van der Waals surface area contributed by atoms with Crippen molar-refractivity contribution in [1.29, 1.82) is 0 Å². The molecule has 0 aliphatic rings. The molecule has 100 heavy (non-hydrogen) atoms. The molecule has 5 aromatic heterocycles. The highest BCUT2D eigenvalue weighted by Crippen LogP contribution is 2.43. The van der Waals surface area contributed by atoms with Gasteiger partial charge in [0.05, 0.1) is 44.1 Å². The molecule has 15 aromatic carbocycles. The molecular weight excluding hydrogens is 1220 g/mol. The molecule has 0 saturated heterocycles. The van der Waals surface area contributed by atoms with Crippen molar-refractivity contribution < 1.29 is 0 Å². The second-order valence-corrected chi connectivity index (χ2v) is 26.0. The van der Waals surface area contributed by atoms with E-state index in [1.165, 1.54) is 48.9 Å². The van der Waals surface area contributed by atoms with Crippen LogP contribution in [0.4, 0.5) is 0 Å². The van der Waals surface area contributed by atoms with Gasteiger partial charge in [0.1, 0.15) is 0 Å². The predicted molar refractivity (Wildman–Crippen MR) is 415 cm³/mol. The van der Waals surface area contributed by atoms with Gasteiger partial charge in [-0.2, -0.15) is 9.97 Å². The second-order valence-electron chi connectivity index (χ2n) is 26.0. The van der Waals surface area contributed by atoms with Crippen LogP contribution in [0.5, 0.6) is 0 Å². The van der Waals surface area contributed by atoms with Gasteiger partial charge in [0.2, 0.25) is 5.95 Å². The third-order valence-electron chi connectivity index (χ3n) is 20.2. The first kappa shape index (κ1) is 56.8. The number of rotatable bonds is 11. The number of fused-ring (bicyclic) bond motifs is 12. The van der Waals surface area contributed by atoms with Crippen LogP contribution in [0.1, 0.15) is 0 Å². The van der Waals surface area contributed by atoms with Gasteiger partial charge >= 0.3 is 0 Å². The van der Waals surface area contributed by atoms with Crippen molar-refractivity contribution in [2.24, 2.45) is 0 Å². The van der Waals surface area contributed by atoms with Crippen molar-refractivity contribution in [1.82, 2.24) is 33.2 Å². The van der Waals surface area contributed by atoms with E-state index in [9.17, 15) is 0 Å². The van der Waals surface area contributed by atoms with E-state index in [-0.39, 0.29) is 0 Å². The van der Waals surface area contributed by atoms with Crippen molar-refractivity contribution in [3.8, 4) is 101 Å². The highest BCUT2D eigenvalue weighted by atomic mass is 15.2. The standard InChI is InChI=1S/C93H59N7/c1-5-23-60(24-6-1)69-52-70(61-25-7-2-8-26-61)54-71(53-69)62-27-21-28-67(51-62)91-94-92(96-93(95-91)100-86-42-20-14-36-76(86)80-48-44-66(59-90(80)100)64-46-50-88-82(57-64)78-38-16-19-41-85(78)98(88)73-32-11-4-12-33-73)68-29-22-34-74(55-68)99-83-39-17-13-35-75(83)79-47-43-65(58-89(79)99)63-45-49-87-81(56-63)77-37-15-18-40-84(77)97(87)72-30-9-3-10-31-72/h1-59H. The smallest absolute Gasteiger partial charge is 0.238 e. The van der Waals surface area contributed by atoms with Crippen LogP contribution in [-0.2, 0) is 0 Å². The molecule has 20 rings (SSSR count). The van der Waals surface area contributed by atoms with Crippen LogP contribution in [0.3, 0.4) is 0 Å². The minimum atomic E-state index is 0.517. The lowest BCUT2D eigenvalue weighted by Crippen LogP contribution is -2.07. The lowest BCUT2D eigenvalue weighted by molar-refractivity contribution is 0.953. The fourth-order valence-corrected chi connectivity index (χ4v) is 15.5. The molecular formula is C93H59N7. The van der Waals surface area contributed by atoms with Gasteiger partial charge in [-0.05, 0) is 177 Å². The molecule has 7 nitrogen and oxygen atoms in total. The first-order valence-corrected chi connectivity index (χ1v) is 34.1. The first-order valence-electron chi connectivity index (χ1n) is 34.1. The summed E-state index contributed by atoms with van der Waals surface area (Å²) in [6.45, 7) is 0. The van der Waals surface area contributed by atoms with Gasteiger partial charge in [-0.15, -0.1) is 0 Å². The molecule has 466 valence electrons. The van der Waals surface area contributed by atoms with Gasteiger partial charge in [-0.1, -0.05) is 237 Å². The minimum Gasteiger partial charge on any atom is -0.309 e. The number of nitrogens with zero attached hydrogens (tertiary/aromatic N) is 7. The molecule has 0 atom stereocenters. The Hall–Kier alpha value is -13.5. The Bertz CT molecular complexity index is 6580. The van der Waals surface area contributed by atoms with E-state index in [4.69, 9.17) is 15.0 Å². The average molecular weight is 1270 g/mol. The van der Waals surface area contributed by atoms with E-state index in [2.05, 4.69) is 376 Å². The average Bonchev–Trinajstić information content (AvgIpc) is 1.59. The molecule has 20 aromatic rings. The molecule has 0 bridgehead atoms. The molecule has 0 unspecified atom stereocenters. The molecule has 0 radical (unpaired) electrons. The molecule has 0 amide bonds. The van der Waals surface area contributed by atoms with Crippen LogP contribution in [0, 0.1) is 0 Å². The van der Waals surface area contributed by atoms with Gasteiger partial charge < -0.3 is 13.7 Å². The largest absolute Gasteiger partial charge is 0.309 e. The molecule has 7 heteroatoms. The van der Waals surface area contributed by atoms with Crippen LogP contribution in [0.15, 0.2) is 358 Å². The summed E-state index contributed by atoms with van der Waals surface area (Å²) in [4.78, 5) is 16.8. The summed E-state index contributed by atoms with van der Waals surface area (Å²) < 4.78 is 9.40. The maximum absolute atomic E-state index is 5.65. The Morgan fingerprint density at radius 3 is 0.940 bits per heavy atom.